The number of unbranched alkanes of at least 4 members (excludes halogenated alkanes) is 1. The maximum atomic E-state index is 10.0. The van der Waals surface area contributed by atoms with Crippen molar-refractivity contribution in [1.29, 1.82) is 0 Å². The van der Waals surface area contributed by atoms with Gasteiger partial charge in [0.2, 0.25) is 0 Å². The van der Waals surface area contributed by atoms with Gasteiger partial charge in [0.1, 0.15) is 6.29 Å². The minimum Gasteiger partial charge on any atom is -0.375 e. The monoisotopic (exact) mass is 858 g/mol. The molecule has 0 bridgehead atoms. The number of carbonyl (C=O) groups is 1. The summed E-state index contributed by atoms with van der Waals surface area (Å²) in [5.74, 6) is 0. The van der Waals surface area contributed by atoms with Gasteiger partial charge in [0.15, 0.2) is 0 Å². The molecule has 4 aromatic carbocycles. The van der Waals surface area contributed by atoms with E-state index in [0.29, 0.717) is 5.41 Å². The minimum atomic E-state index is 0. The average Bonchev–Trinajstić information content (AvgIpc) is 4.01. The second kappa shape index (κ2) is 32.1. The van der Waals surface area contributed by atoms with Crippen LogP contribution in [0.3, 0.4) is 0 Å². The van der Waals surface area contributed by atoms with Crippen LogP contribution in [0.2, 0.25) is 0 Å². The van der Waals surface area contributed by atoms with Crippen molar-refractivity contribution in [2.24, 2.45) is 5.73 Å². The van der Waals surface area contributed by atoms with Gasteiger partial charge in [-0.25, -0.2) is 0 Å². The zero-order valence-electron chi connectivity index (χ0n) is 40.1. The van der Waals surface area contributed by atoms with Crippen molar-refractivity contribution in [1.82, 2.24) is 0 Å². The lowest BCUT2D eigenvalue weighted by atomic mass is 9.65. The van der Waals surface area contributed by atoms with Crippen LogP contribution in [-0.2, 0) is 26.7 Å². The summed E-state index contributed by atoms with van der Waals surface area (Å²) in [6, 6.07) is 42.3. The van der Waals surface area contributed by atoms with Gasteiger partial charge in [0, 0.05) is 35.3 Å². The first-order valence-electron chi connectivity index (χ1n) is 24.7. The van der Waals surface area contributed by atoms with Crippen molar-refractivity contribution in [2.75, 3.05) is 19.8 Å². The number of aldehydes is 1. The van der Waals surface area contributed by atoms with E-state index < -0.39 is 0 Å². The van der Waals surface area contributed by atoms with Gasteiger partial charge in [-0.3, -0.25) is 4.79 Å². The predicted octanol–water partition coefficient (Wildman–Crippen LogP) is 17.1. The Morgan fingerprint density at radius 1 is 0.516 bits per heavy atom. The number of hydrogen-bond donors (Lipinski definition) is 1. The second-order valence-corrected chi connectivity index (χ2v) is 16.4. The van der Waals surface area contributed by atoms with Crippen LogP contribution in [0.1, 0.15) is 198 Å². The van der Waals surface area contributed by atoms with Gasteiger partial charge in [0.05, 0.1) is 11.2 Å². The van der Waals surface area contributed by atoms with Crippen LogP contribution >= 0.6 is 0 Å². The highest BCUT2D eigenvalue weighted by Gasteiger charge is 2.48. The molecular weight excluding hydrogens is 759 g/mol. The Bertz CT molecular complexity index is 1630. The molecule has 4 heteroatoms. The summed E-state index contributed by atoms with van der Waals surface area (Å²) in [6.07, 6.45) is 22.1. The standard InChI is InChI=1S/C25H32O.C17H25NO.C7H6O.4C2H6.CH4.4H2/c1-3-11-22(12-4-1)13-7-8-16-24(23-14-5-2-6-15-23)19-20-26-25(21-24)17-9-10-18-25;18-12-10-16(15-6-2-1-3-7-15)11-13-19-17(14-16)8-4-5-9-17;8-6-7-4-2-1-3-5-7;4*1-2;;;;;/h1-6,11-12,14-15H,7-10,13,16-21H2;1-3,6-7H,4-5,8-14,18H2;1-6H;4*1-2H3;1H4;4*1H/t24-;16-;;;;;;;;;;/m11........../s1. The molecule has 2 saturated carbocycles. The largest absolute Gasteiger partial charge is 0.375 e. The third kappa shape index (κ3) is 17.2. The Morgan fingerprint density at radius 2 is 0.887 bits per heavy atom. The van der Waals surface area contributed by atoms with Crippen molar-refractivity contribution in [3.8, 4) is 0 Å². The molecule has 0 unspecified atom stereocenters. The molecule has 2 spiro atoms. The van der Waals surface area contributed by atoms with E-state index in [9.17, 15) is 4.79 Å². The normalized spacial score (nSPS) is 21.0. The molecule has 0 amide bonds. The van der Waals surface area contributed by atoms with Gasteiger partial charge in [-0.15, -0.1) is 0 Å². The van der Waals surface area contributed by atoms with Gasteiger partial charge in [-0.05, 0) is 100 Å². The van der Waals surface area contributed by atoms with Crippen molar-refractivity contribution in [3.63, 3.8) is 0 Å². The Hall–Kier alpha value is -3.57. The molecule has 2 heterocycles. The van der Waals surface area contributed by atoms with E-state index in [-0.39, 0.29) is 29.8 Å². The molecule has 2 aliphatic carbocycles. The fraction of sp³-hybridized carbons (Fsp3) is 0.569. The molecule has 4 aliphatic rings. The topological polar surface area (TPSA) is 61.5 Å². The Morgan fingerprint density at radius 3 is 1.26 bits per heavy atom. The molecule has 8 rings (SSSR count). The van der Waals surface area contributed by atoms with Crippen LogP contribution in [0.4, 0.5) is 0 Å². The van der Waals surface area contributed by atoms with E-state index in [1.54, 1.807) is 17.7 Å². The predicted molar refractivity (Wildman–Crippen MR) is 279 cm³/mol. The highest BCUT2D eigenvalue weighted by Crippen LogP contribution is 2.51. The summed E-state index contributed by atoms with van der Waals surface area (Å²) in [7, 11) is 0. The lowest BCUT2D eigenvalue weighted by Gasteiger charge is -2.47. The molecule has 2 N–H and O–H groups in total. The summed E-state index contributed by atoms with van der Waals surface area (Å²) in [5.41, 5.74) is 12.0. The van der Waals surface area contributed by atoms with Gasteiger partial charge < -0.3 is 15.2 Å². The summed E-state index contributed by atoms with van der Waals surface area (Å²) < 4.78 is 12.6. The highest BCUT2D eigenvalue weighted by molar-refractivity contribution is 5.74. The van der Waals surface area contributed by atoms with Crippen molar-refractivity contribution in [3.05, 3.63) is 144 Å². The first-order chi connectivity index (χ1) is 30.0. The summed E-state index contributed by atoms with van der Waals surface area (Å²) in [4.78, 5) is 10.0. The van der Waals surface area contributed by atoms with Crippen LogP contribution in [0, 0.1) is 0 Å². The van der Waals surface area contributed by atoms with Gasteiger partial charge >= 0.3 is 0 Å². The lowest BCUT2D eigenvalue weighted by Crippen LogP contribution is -2.46. The van der Waals surface area contributed by atoms with Gasteiger partial charge in [0.25, 0.3) is 0 Å². The molecule has 62 heavy (non-hydrogen) atoms. The van der Waals surface area contributed by atoms with E-state index in [2.05, 4.69) is 91.0 Å². The number of carbonyl (C=O) groups excluding carboxylic acids is 1. The maximum absolute atomic E-state index is 10.0. The van der Waals surface area contributed by atoms with Crippen LogP contribution in [-0.4, -0.2) is 37.2 Å². The van der Waals surface area contributed by atoms with Crippen molar-refractivity contribution < 1.29 is 20.0 Å². The van der Waals surface area contributed by atoms with Crippen LogP contribution < -0.4 is 5.73 Å². The number of aryl methyl sites for hydroxylation is 1. The van der Waals surface area contributed by atoms with Gasteiger partial charge in [-0.1, -0.05) is 216 Å². The molecular formula is C58H99NO3. The molecule has 2 atom stereocenters. The summed E-state index contributed by atoms with van der Waals surface area (Å²) in [5, 5.41) is 0. The number of benzene rings is 4. The van der Waals surface area contributed by atoms with E-state index in [1.165, 1.54) is 107 Å². The molecule has 2 saturated heterocycles. The first-order valence-corrected chi connectivity index (χ1v) is 24.7. The molecule has 0 radical (unpaired) electrons. The molecule has 4 fully saturated rings. The minimum absolute atomic E-state index is 0. The maximum Gasteiger partial charge on any atom is 0.150 e. The molecule has 0 aromatic heterocycles. The molecule has 4 aromatic rings. The smallest absolute Gasteiger partial charge is 0.150 e. The quantitative estimate of drug-likeness (QED) is 0.127. The van der Waals surface area contributed by atoms with Gasteiger partial charge in [-0.2, -0.15) is 0 Å². The zero-order valence-corrected chi connectivity index (χ0v) is 40.1. The average molecular weight is 858 g/mol. The Balaban J connectivity index is -0.000000425. The summed E-state index contributed by atoms with van der Waals surface area (Å²) >= 11 is 0. The fourth-order valence-corrected chi connectivity index (χ4v) is 10.2. The fourth-order valence-electron chi connectivity index (χ4n) is 10.2. The van der Waals surface area contributed by atoms with Crippen molar-refractivity contribution >= 4 is 6.29 Å². The second-order valence-electron chi connectivity index (χ2n) is 16.4. The Labute approximate surface area is 388 Å². The van der Waals surface area contributed by atoms with E-state index >= 15 is 0 Å². The van der Waals surface area contributed by atoms with Crippen LogP contribution in [0.25, 0.3) is 0 Å². The molecule has 4 nitrogen and oxygen atoms in total. The highest BCUT2D eigenvalue weighted by atomic mass is 16.5. The number of ether oxygens (including phenoxy) is 2. The molecule has 354 valence electrons. The summed E-state index contributed by atoms with van der Waals surface area (Å²) in [6.45, 7) is 18.6. The first kappa shape index (κ1) is 56.4. The van der Waals surface area contributed by atoms with E-state index in [0.717, 1.165) is 44.4 Å². The number of rotatable bonds is 10. The third-order valence-electron chi connectivity index (χ3n) is 12.9. The number of nitrogens with two attached hydrogens (primary N) is 1. The third-order valence-corrected chi connectivity index (χ3v) is 12.9. The Kier molecular flexibility index (Phi) is 29.3. The van der Waals surface area contributed by atoms with E-state index in [1.807, 2.05) is 73.6 Å². The van der Waals surface area contributed by atoms with E-state index in [4.69, 9.17) is 15.2 Å². The number of hydrogen-bond acceptors (Lipinski definition) is 4. The molecule has 2 aliphatic heterocycles. The zero-order chi connectivity index (χ0) is 44.7. The van der Waals surface area contributed by atoms with Crippen LogP contribution in [0.5, 0.6) is 0 Å². The van der Waals surface area contributed by atoms with Crippen molar-refractivity contribution in [2.45, 2.75) is 194 Å². The SMILES string of the molecule is C.CC.CC.CC.CC.NCC[C@@]1(c2ccccc2)CCOC2(CCCC2)C1.O=Cc1ccccc1.[HH].[HH].[HH].[HH].c1ccc(CCCC[C@@]2(c3ccccc3)CCOC3(CCCC3)C2)cc1. The lowest BCUT2D eigenvalue weighted by molar-refractivity contribution is -0.104. The van der Waals surface area contributed by atoms with Crippen LogP contribution in [0.15, 0.2) is 121 Å².